The zero-order valence-corrected chi connectivity index (χ0v) is 15.4. The van der Waals surface area contributed by atoms with E-state index in [9.17, 15) is 0 Å². The Balaban J connectivity index is 1.69. The molecule has 1 aliphatic heterocycles. The Morgan fingerprint density at radius 2 is 1.92 bits per heavy atom. The number of nitrogens with zero attached hydrogens (tertiary/aromatic N) is 4. The van der Waals surface area contributed by atoms with Gasteiger partial charge in [0.15, 0.2) is 5.82 Å². The summed E-state index contributed by atoms with van der Waals surface area (Å²) in [6, 6.07) is 13.7. The molecule has 0 spiro atoms. The lowest BCUT2D eigenvalue weighted by molar-refractivity contribution is 0.826. The molecular formula is C18H16ClN5S. The van der Waals surface area contributed by atoms with Gasteiger partial charge in [0, 0.05) is 10.6 Å². The third-order valence-corrected chi connectivity index (χ3v) is 5.34. The van der Waals surface area contributed by atoms with E-state index in [1.54, 1.807) is 11.8 Å². The molecule has 1 N–H and O–H groups in total. The maximum absolute atomic E-state index is 5.98. The van der Waals surface area contributed by atoms with Crippen molar-refractivity contribution < 1.29 is 0 Å². The number of rotatable bonds is 2. The summed E-state index contributed by atoms with van der Waals surface area (Å²) in [6.07, 6.45) is 0. The van der Waals surface area contributed by atoms with Crippen molar-refractivity contribution in [1.82, 2.24) is 14.9 Å². The molecule has 7 heteroatoms. The first-order valence-corrected chi connectivity index (χ1v) is 9.23. The van der Waals surface area contributed by atoms with Gasteiger partial charge < -0.3 is 0 Å². The van der Waals surface area contributed by atoms with E-state index in [4.69, 9.17) is 16.6 Å². The maximum atomic E-state index is 5.98. The van der Waals surface area contributed by atoms with Crippen molar-refractivity contribution in [1.29, 1.82) is 0 Å². The first-order chi connectivity index (χ1) is 12.1. The van der Waals surface area contributed by atoms with Crippen LogP contribution in [0.5, 0.6) is 0 Å². The molecule has 0 atom stereocenters. The molecule has 5 nitrogen and oxygen atoms in total. The fraction of sp³-hybridized carbons (Fsp3) is 0.167. The van der Waals surface area contributed by atoms with Gasteiger partial charge in [-0.3, -0.25) is 5.43 Å². The van der Waals surface area contributed by atoms with E-state index in [1.165, 1.54) is 11.1 Å². The van der Waals surface area contributed by atoms with Crippen LogP contribution < -0.4 is 5.43 Å². The van der Waals surface area contributed by atoms with Crippen LogP contribution in [0.2, 0.25) is 5.02 Å². The first-order valence-electron chi connectivity index (χ1n) is 7.87. The van der Waals surface area contributed by atoms with E-state index in [0.717, 1.165) is 33.8 Å². The molecule has 0 saturated carbocycles. The number of nitrogens with one attached hydrogen (secondary N) is 1. The van der Waals surface area contributed by atoms with E-state index in [0.29, 0.717) is 5.02 Å². The van der Waals surface area contributed by atoms with Crippen molar-refractivity contribution in [3.05, 3.63) is 58.6 Å². The Hall–Kier alpha value is -2.31. The van der Waals surface area contributed by atoms with Crippen LogP contribution in [0.1, 0.15) is 11.1 Å². The molecule has 25 heavy (non-hydrogen) atoms. The number of amidine groups is 1. The minimum Gasteiger partial charge on any atom is -0.276 e. The SMILES string of the molecule is Cc1cccc(N=C2CSc3nnc(-c4ccc(Cl)cc4)n3N2)c1C. The van der Waals surface area contributed by atoms with Gasteiger partial charge in [-0.2, -0.15) is 0 Å². The fourth-order valence-electron chi connectivity index (χ4n) is 2.60. The van der Waals surface area contributed by atoms with Crippen LogP contribution in [-0.2, 0) is 0 Å². The number of aryl methyl sites for hydroxylation is 1. The van der Waals surface area contributed by atoms with Crippen LogP contribution in [0.15, 0.2) is 52.6 Å². The molecule has 0 amide bonds. The third kappa shape index (κ3) is 3.15. The highest BCUT2D eigenvalue weighted by Gasteiger charge is 2.21. The van der Waals surface area contributed by atoms with Gasteiger partial charge in [0.1, 0.15) is 5.84 Å². The lowest BCUT2D eigenvalue weighted by atomic mass is 10.1. The van der Waals surface area contributed by atoms with Crippen molar-refractivity contribution in [2.45, 2.75) is 19.0 Å². The van der Waals surface area contributed by atoms with E-state index >= 15 is 0 Å². The second-order valence-electron chi connectivity index (χ2n) is 5.83. The standard InChI is InChI=1S/C18H16ClN5S/c1-11-4-3-5-15(12(11)2)20-16-10-25-18-22-21-17(24(18)23-16)13-6-8-14(19)9-7-13/h3-9H,10H2,1-2H3,(H,20,23). The molecule has 0 saturated heterocycles. The molecule has 0 unspecified atom stereocenters. The summed E-state index contributed by atoms with van der Waals surface area (Å²) in [5, 5.41) is 10.1. The zero-order chi connectivity index (χ0) is 17.4. The molecule has 1 aromatic heterocycles. The zero-order valence-electron chi connectivity index (χ0n) is 13.8. The molecular weight excluding hydrogens is 354 g/mol. The van der Waals surface area contributed by atoms with Gasteiger partial charge in [0.05, 0.1) is 11.4 Å². The van der Waals surface area contributed by atoms with Gasteiger partial charge in [-0.25, -0.2) is 9.67 Å². The average Bonchev–Trinajstić information content (AvgIpc) is 3.03. The van der Waals surface area contributed by atoms with E-state index in [-0.39, 0.29) is 0 Å². The molecule has 0 bridgehead atoms. The summed E-state index contributed by atoms with van der Waals surface area (Å²) in [5.74, 6) is 2.35. The van der Waals surface area contributed by atoms with Crippen LogP contribution in [0, 0.1) is 13.8 Å². The molecule has 1 aliphatic rings. The molecule has 2 aromatic carbocycles. The Labute approximate surface area is 155 Å². The molecule has 2 heterocycles. The average molecular weight is 370 g/mol. The molecule has 4 rings (SSSR count). The van der Waals surface area contributed by atoms with Crippen molar-refractivity contribution in [3.63, 3.8) is 0 Å². The second-order valence-corrected chi connectivity index (χ2v) is 7.21. The summed E-state index contributed by atoms with van der Waals surface area (Å²) >= 11 is 7.59. The van der Waals surface area contributed by atoms with Crippen LogP contribution in [0.4, 0.5) is 5.69 Å². The predicted molar refractivity (Wildman–Crippen MR) is 104 cm³/mol. The van der Waals surface area contributed by atoms with Crippen molar-refractivity contribution in [2.24, 2.45) is 4.99 Å². The second kappa shape index (κ2) is 6.54. The molecule has 0 radical (unpaired) electrons. The van der Waals surface area contributed by atoms with Gasteiger partial charge in [0.2, 0.25) is 5.16 Å². The molecule has 0 fully saturated rings. The topological polar surface area (TPSA) is 55.1 Å². The number of fused-ring (bicyclic) bond motifs is 1. The Morgan fingerprint density at radius 3 is 2.72 bits per heavy atom. The minimum absolute atomic E-state index is 0.696. The molecule has 126 valence electrons. The predicted octanol–water partition coefficient (Wildman–Crippen LogP) is 4.59. The number of benzene rings is 2. The Morgan fingerprint density at radius 1 is 1.12 bits per heavy atom. The number of aromatic nitrogens is 3. The van der Waals surface area contributed by atoms with Crippen molar-refractivity contribution in [3.8, 4) is 11.4 Å². The van der Waals surface area contributed by atoms with Crippen molar-refractivity contribution >= 4 is 34.9 Å². The van der Waals surface area contributed by atoms with Crippen molar-refractivity contribution in [2.75, 3.05) is 11.2 Å². The summed E-state index contributed by atoms with van der Waals surface area (Å²) in [5.41, 5.74) is 7.69. The fourth-order valence-corrected chi connectivity index (χ4v) is 3.48. The van der Waals surface area contributed by atoms with E-state index in [2.05, 4.69) is 35.5 Å². The van der Waals surface area contributed by atoms with Gasteiger partial charge in [-0.15, -0.1) is 10.2 Å². The first kappa shape index (κ1) is 16.2. The van der Waals surface area contributed by atoms with E-state index < -0.39 is 0 Å². The monoisotopic (exact) mass is 369 g/mol. The highest BCUT2D eigenvalue weighted by molar-refractivity contribution is 7.99. The van der Waals surface area contributed by atoms with E-state index in [1.807, 2.05) is 41.1 Å². The number of halogens is 1. The quantitative estimate of drug-likeness (QED) is 0.717. The molecule has 0 aliphatic carbocycles. The van der Waals surface area contributed by atoms with Crippen LogP contribution >= 0.6 is 23.4 Å². The summed E-state index contributed by atoms with van der Waals surface area (Å²) in [6.45, 7) is 4.19. The van der Waals surface area contributed by atoms with Gasteiger partial charge >= 0.3 is 0 Å². The van der Waals surface area contributed by atoms with Crippen LogP contribution in [0.25, 0.3) is 11.4 Å². The summed E-state index contributed by atoms with van der Waals surface area (Å²) in [7, 11) is 0. The minimum atomic E-state index is 0.696. The smallest absolute Gasteiger partial charge is 0.211 e. The van der Waals surface area contributed by atoms with Crippen LogP contribution in [-0.4, -0.2) is 26.5 Å². The van der Waals surface area contributed by atoms with Gasteiger partial charge in [-0.1, -0.05) is 35.5 Å². The maximum Gasteiger partial charge on any atom is 0.211 e. The Kier molecular flexibility index (Phi) is 4.23. The third-order valence-electron chi connectivity index (χ3n) is 4.15. The largest absolute Gasteiger partial charge is 0.276 e. The number of thioether (sulfide) groups is 1. The highest BCUT2D eigenvalue weighted by Crippen LogP contribution is 2.28. The highest BCUT2D eigenvalue weighted by atomic mass is 35.5. The van der Waals surface area contributed by atoms with Crippen LogP contribution in [0.3, 0.4) is 0 Å². The van der Waals surface area contributed by atoms with Gasteiger partial charge in [-0.05, 0) is 55.3 Å². The lowest BCUT2D eigenvalue weighted by Gasteiger charge is -2.19. The summed E-state index contributed by atoms with van der Waals surface area (Å²) < 4.78 is 1.88. The normalized spacial score (nSPS) is 15.1. The Bertz CT molecular complexity index is 962. The number of aliphatic imine (C=N–C) groups is 1. The number of hydrogen-bond acceptors (Lipinski definition) is 4. The number of hydrogen-bond donors (Lipinski definition) is 1. The van der Waals surface area contributed by atoms with Gasteiger partial charge in [0.25, 0.3) is 0 Å². The lowest BCUT2D eigenvalue weighted by Crippen LogP contribution is -2.30. The molecule has 3 aromatic rings. The summed E-state index contributed by atoms with van der Waals surface area (Å²) in [4.78, 5) is 4.79.